The predicted octanol–water partition coefficient (Wildman–Crippen LogP) is 2.27. The lowest BCUT2D eigenvalue weighted by molar-refractivity contribution is -0.129. The fourth-order valence-electron chi connectivity index (χ4n) is 1.35. The van der Waals surface area contributed by atoms with E-state index < -0.39 is 0 Å². The highest BCUT2D eigenvalue weighted by molar-refractivity contribution is 5.81. The lowest BCUT2D eigenvalue weighted by Crippen LogP contribution is -2.37. The fourth-order valence-corrected chi connectivity index (χ4v) is 1.35. The van der Waals surface area contributed by atoms with Crippen LogP contribution in [0.15, 0.2) is 24.3 Å². The highest BCUT2D eigenvalue weighted by atomic mass is 16.2. The van der Waals surface area contributed by atoms with Crippen LogP contribution in [0.3, 0.4) is 0 Å². The first-order valence-electron chi connectivity index (χ1n) is 5.57. The molecule has 3 nitrogen and oxygen atoms in total. The zero-order chi connectivity index (χ0) is 12.1. The van der Waals surface area contributed by atoms with Crippen LogP contribution in [0.1, 0.15) is 19.4 Å². The van der Waals surface area contributed by atoms with Crippen LogP contribution in [-0.4, -0.2) is 30.4 Å². The summed E-state index contributed by atoms with van der Waals surface area (Å²) < 4.78 is 0. The van der Waals surface area contributed by atoms with Crippen molar-refractivity contribution in [1.82, 2.24) is 4.90 Å². The molecule has 16 heavy (non-hydrogen) atoms. The normalized spacial score (nSPS) is 10.3. The number of nitrogens with one attached hydrogen (secondary N) is 1. The Morgan fingerprint density at radius 3 is 2.56 bits per heavy atom. The lowest BCUT2D eigenvalue weighted by Gasteiger charge is -2.22. The molecule has 0 heterocycles. The number of amides is 1. The number of likely N-dealkylation sites (N-methyl/N-ethyl adjacent to an activating group) is 1. The highest BCUT2D eigenvalue weighted by Crippen LogP contribution is 2.12. The van der Waals surface area contributed by atoms with Gasteiger partial charge in [-0.05, 0) is 32.4 Å². The maximum atomic E-state index is 11.7. The van der Waals surface area contributed by atoms with Gasteiger partial charge in [0.25, 0.3) is 0 Å². The summed E-state index contributed by atoms with van der Waals surface area (Å²) in [5, 5.41) is 3.16. The van der Waals surface area contributed by atoms with Crippen molar-refractivity contribution in [3.63, 3.8) is 0 Å². The first-order chi connectivity index (χ1) is 7.52. The van der Waals surface area contributed by atoms with E-state index in [0.717, 1.165) is 11.3 Å². The number of nitrogens with zero attached hydrogens (tertiary/aromatic N) is 1. The van der Waals surface area contributed by atoms with Gasteiger partial charge in [-0.3, -0.25) is 4.79 Å². The van der Waals surface area contributed by atoms with E-state index in [9.17, 15) is 4.79 Å². The van der Waals surface area contributed by atoms with Crippen molar-refractivity contribution in [3.05, 3.63) is 29.8 Å². The number of hydrogen-bond donors (Lipinski definition) is 1. The van der Waals surface area contributed by atoms with Crippen LogP contribution in [0.5, 0.6) is 0 Å². The molecule has 0 bridgehead atoms. The quantitative estimate of drug-likeness (QED) is 0.844. The number of rotatable bonds is 4. The molecule has 0 spiro atoms. The van der Waals surface area contributed by atoms with Gasteiger partial charge in [-0.2, -0.15) is 0 Å². The van der Waals surface area contributed by atoms with E-state index >= 15 is 0 Å². The molecule has 0 saturated carbocycles. The van der Waals surface area contributed by atoms with Crippen LogP contribution < -0.4 is 5.32 Å². The molecule has 88 valence electrons. The van der Waals surface area contributed by atoms with Gasteiger partial charge in [0, 0.05) is 18.8 Å². The Balaban J connectivity index is 2.52. The van der Waals surface area contributed by atoms with Crippen LogP contribution in [0, 0.1) is 6.92 Å². The molecule has 1 rings (SSSR count). The van der Waals surface area contributed by atoms with Gasteiger partial charge in [-0.1, -0.05) is 18.2 Å². The molecule has 1 aromatic carbocycles. The van der Waals surface area contributed by atoms with Gasteiger partial charge in [-0.25, -0.2) is 0 Å². The monoisotopic (exact) mass is 220 g/mol. The van der Waals surface area contributed by atoms with E-state index in [4.69, 9.17) is 0 Å². The Labute approximate surface area is 97.5 Å². The minimum absolute atomic E-state index is 0.109. The molecule has 1 amide bonds. The average molecular weight is 220 g/mol. The molecule has 1 aromatic rings. The minimum atomic E-state index is 0.109. The molecule has 0 unspecified atom stereocenters. The number of carbonyl (C=O) groups is 1. The van der Waals surface area contributed by atoms with Crippen molar-refractivity contribution in [1.29, 1.82) is 0 Å². The number of aryl methyl sites for hydroxylation is 1. The Kier molecular flexibility index (Phi) is 4.35. The third-order valence-electron chi connectivity index (χ3n) is 2.74. The summed E-state index contributed by atoms with van der Waals surface area (Å²) in [6.45, 7) is 6.38. The summed E-state index contributed by atoms with van der Waals surface area (Å²) in [5.74, 6) is 0.109. The molecule has 3 heteroatoms. The van der Waals surface area contributed by atoms with Crippen LogP contribution >= 0.6 is 0 Å². The summed E-state index contributed by atoms with van der Waals surface area (Å²) >= 11 is 0. The van der Waals surface area contributed by atoms with Gasteiger partial charge in [0.1, 0.15) is 0 Å². The molecule has 0 aliphatic rings. The van der Waals surface area contributed by atoms with Gasteiger partial charge in [0.2, 0.25) is 5.91 Å². The van der Waals surface area contributed by atoms with Gasteiger partial charge in [0.05, 0.1) is 6.54 Å². The smallest absolute Gasteiger partial charge is 0.241 e. The van der Waals surface area contributed by atoms with Crippen molar-refractivity contribution in [2.45, 2.75) is 26.8 Å². The number of benzene rings is 1. The first-order valence-corrected chi connectivity index (χ1v) is 5.57. The van der Waals surface area contributed by atoms with Crippen LogP contribution in [0.25, 0.3) is 0 Å². The molecule has 0 aromatic heterocycles. The van der Waals surface area contributed by atoms with Gasteiger partial charge >= 0.3 is 0 Å². The topological polar surface area (TPSA) is 32.3 Å². The summed E-state index contributed by atoms with van der Waals surface area (Å²) in [5.41, 5.74) is 2.18. The van der Waals surface area contributed by atoms with E-state index in [1.807, 2.05) is 52.1 Å². The van der Waals surface area contributed by atoms with Crippen molar-refractivity contribution >= 4 is 11.6 Å². The third-order valence-corrected chi connectivity index (χ3v) is 2.74. The van der Waals surface area contributed by atoms with E-state index in [0.29, 0.717) is 6.54 Å². The molecular formula is C13H20N2O. The molecular weight excluding hydrogens is 200 g/mol. The van der Waals surface area contributed by atoms with Crippen molar-refractivity contribution in [2.75, 3.05) is 18.9 Å². The summed E-state index contributed by atoms with van der Waals surface area (Å²) in [6, 6.07) is 8.21. The summed E-state index contributed by atoms with van der Waals surface area (Å²) in [4.78, 5) is 13.5. The van der Waals surface area contributed by atoms with Gasteiger partial charge in [-0.15, -0.1) is 0 Å². The number of para-hydroxylation sites is 1. The molecule has 0 radical (unpaired) electrons. The Morgan fingerprint density at radius 1 is 1.38 bits per heavy atom. The predicted molar refractivity (Wildman–Crippen MR) is 67.6 cm³/mol. The maximum absolute atomic E-state index is 11.7. The number of hydrogen-bond acceptors (Lipinski definition) is 2. The van der Waals surface area contributed by atoms with Crippen LogP contribution in [-0.2, 0) is 4.79 Å². The van der Waals surface area contributed by atoms with E-state index in [1.54, 1.807) is 4.90 Å². The van der Waals surface area contributed by atoms with Crippen molar-refractivity contribution in [3.8, 4) is 0 Å². The zero-order valence-corrected chi connectivity index (χ0v) is 10.4. The van der Waals surface area contributed by atoms with E-state index in [2.05, 4.69) is 5.32 Å². The number of carbonyl (C=O) groups excluding carboxylic acids is 1. The number of anilines is 1. The molecule has 0 fully saturated rings. The minimum Gasteiger partial charge on any atom is -0.376 e. The highest BCUT2D eigenvalue weighted by Gasteiger charge is 2.11. The molecule has 0 saturated heterocycles. The first kappa shape index (κ1) is 12.6. The molecule has 1 N–H and O–H groups in total. The second-order valence-electron chi connectivity index (χ2n) is 4.27. The molecule has 0 aliphatic carbocycles. The van der Waals surface area contributed by atoms with Crippen LogP contribution in [0.2, 0.25) is 0 Å². The van der Waals surface area contributed by atoms with Crippen molar-refractivity contribution in [2.24, 2.45) is 0 Å². The van der Waals surface area contributed by atoms with Gasteiger partial charge < -0.3 is 10.2 Å². The van der Waals surface area contributed by atoms with E-state index in [-0.39, 0.29) is 11.9 Å². The molecule has 0 aliphatic heterocycles. The SMILES string of the molecule is Cc1ccccc1NCC(=O)N(C)C(C)C. The summed E-state index contributed by atoms with van der Waals surface area (Å²) in [7, 11) is 1.83. The second-order valence-corrected chi connectivity index (χ2v) is 4.27. The third kappa shape index (κ3) is 3.26. The Bertz CT molecular complexity index is 361. The second kappa shape index (κ2) is 5.54. The Hall–Kier alpha value is -1.51. The fraction of sp³-hybridized carbons (Fsp3) is 0.462. The lowest BCUT2D eigenvalue weighted by atomic mass is 10.2. The standard InChI is InChI=1S/C13H20N2O/c1-10(2)15(4)13(16)9-14-12-8-6-5-7-11(12)3/h5-8,10,14H,9H2,1-4H3. The van der Waals surface area contributed by atoms with Gasteiger partial charge in [0.15, 0.2) is 0 Å². The van der Waals surface area contributed by atoms with Crippen LogP contribution in [0.4, 0.5) is 5.69 Å². The molecule has 0 atom stereocenters. The Morgan fingerprint density at radius 2 is 2.00 bits per heavy atom. The average Bonchev–Trinajstić information content (AvgIpc) is 2.26. The maximum Gasteiger partial charge on any atom is 0.241 e. The zero-order valence-electron chi connectivity index (χ0n) is 10.4. The summed E-state index contributed by atoms with van der Waals surface area (Å²) in [6.07, 6.45) is 0. The largest absolute Gasteiger partial charge is 0.376 e. The van der Waals surface area contributed by atoms with E-state index in [1.165, 1.54) is 0 Å². The van der Waals surface area contributed by atoms with Crippen molar-refractivity contribution < 1.29 is 4.79 Å².